The molecule has 4 heteroatoms. The van der Waals surface area contributed by atoms with Crippen LogP contribution in [-0.4, -0.2) is 23.3 Å². The lowest BCUT2D eigenvalue weighted by molar-refractivity contribution is -0.0290. The van der Waals surface area contributed by atoms with Gasteiger partial charge in [0, 0.05) is 13.1 Å². The monoisotopic (exact) mass is 284 g/mol. The number of carbonyl (C=O) groups excluding carboxylic acids is 1. The Kier molecular flexibility index (Phi) is 3.80. The van der Waals surface area contributed by atoms with Crippen molar-refractivity contribution in [3.05, 3.63) is 48.0 Å². The number of amides is 2. The molecule has 3 rings (SSSR count). The van der Waals surface area contributed by atoms with Gasteiger partial charge in [-0.3, -0.25) is 0 Å². The van der Waals surface area contributed by atoms with E-state index in [9.17, 15) is 9.90 Å². The average Bonchev–Trinajstić information content (AvgIpc) is 2.49. The summed E-state index contributed by atoms with van der Waals surface area (Å²) in [4.78, 5) is 11.7. The van der Waals surface area contributed by atoms with Gasteiger partial charge < -0.3 is 15.7 Å². The van der Waals surface area contributed by atoms with Crippen LogP contribution in [0.2, 0.25) is 0 Å². The predicted molar refractivity (Wildman–Crippen MR) is 83.0 cm³/mol. The van der Waals surface area contributed by atoms with Crippen molar-refractivity contribution in [2.24, 2.45) is 0 Å². The zero-order valence-corrected chi connectivity index (χ0v) is 11.9. The van der Waals surface area contributed by atoms with Crippen LogP contribution in [0.25, 0.3) is 10.8 Å². The third-order valence-corrected chi connectivity index (χ3v) is 4.13. The van der Waals surface area contributed by atoms with Gasteiger partial charge in [0.15, 0.2) is 0 Å². The molecule has 3 N–H and O–H groups in total. The Bertz CT molecular complexity index is 650. The molecule has 1 fully saturated rings. The number of hydrogen-bond donors (Lipinski definition) is 3. The molecular weight excluding hydrogens is 264 g/mol. The van der Waals surface area contributed by atoms with E-state index in [1.54, 1.807) is 0 Å². The Labute approximate surface area is 124 Å². The molecular formula is C17H20N2O2. The van der Waals surface area contributed by atoms with Gasteiger partial charge in [0.2, 0.25) is 0 Å². The van der Waals surface area contributed by atoms with Crippen molar-refractivity contribution in [2.45, 2.75) is 31.4 Å². The molecule has 2 amide bonds. The maximum absolute atomic E-state index is 11.7. The zero-order chi connectivity index (χ0) is 14.7. The van der Waals surface area contributed by atoms with Gasteiger partial charge in [0.1, 0.15) is 0 Å². The van der Waals surface area contributed by atoms with Crippen molar-refractivity contribution in [1.82, 2.24) is 10.6 Å². The van der Waals surface area contributed by atoms with Crippen LogP contribution in [0.4, 0.5) is 4.79 Å². The zero-order valence-electron chi connectivity index (χ0n) is 11.9. The lowest BCUT2D eigenvalue weighted by Crippen LogP contribution is -2.49. The molecule has 21 heavy (non-hydrogen) atoms. The summed E-state index contributed by atoms with van der Waals surface area (Å²) in [6.07, 6.45) is 2.59. The molecule has 0 heterocycles. The first-order chi connectivity index (χ1) is 10.1. The molecule has 4 nitrogen and oxygen atoms in total. The maximum atomic E-state index is 11.7. The Hall–Kier alpha value is -2.07. The maximum Gasteiger partial charge on any atom is 0.315 e. The van der Waals surface area contributed by atoms with E-state index >= 15 is 0 Å². The fourth-order valence-corrected chi connectivity index (χ4v) is 2.60. The fourth-order valence-electron chi connectivity index (χ4n) is 2.60. The molecule has 1 aliphatic carbocycles. The van der Waals surface area contributed by atoms with Crippen molar-refractivity contribution < 1.29 is 9.90 Å². The minimum Gasteiger partial charge on any atom is -0.388 e. The van der Waals surface area contributed by atoms with Crippen molar-refractivity contribution in [1.29, 1.82) is 0 Å². The first-order valence-electron chi connectivity index (χ1n) is 7.36. The smallest absolute Gasteiger partial charge is 0.315 e. The number of fused-ring (bicyclic) bond motifs is 1. The normalized spacial score (nSPS) is 16.2. The third-order valence-electron chi connectivity index (χ3n) is 4.13. The second-order valence-electron chi connectivity index (χ2n) is 5.80. The molecule has 1 saturated carbocycles. The van der Waals surface area contributed by atoms with Gasteiger partial charge in [-0.25, -0.2) is 4.79 Å². The second kappa shape index (κ2) is 5.74. The Morgan fingerprint density at radius 2 is 1.86 bits per heavy atom. The van der Waals surface area contributed by atoms with Crippen LogP contribution in [0, 0.1) is 0 Å². The van der Waals surface area contributed by atoms with E-state index in [1.807, 2.05) is 18.2 Å². The summed E-state index contributed by atoms with van der Waals surface area (Å²) < 4.78 is 0. The lowest BCUT2D eigenvalue weighted by atomic mass is 9.80. The summed E-state index contributed by atoms with van der Waals surface area (Å²) in [7, 11) is 0. The highest BCUT2D eigenvalue weighted by Crippen LogP contribution is 2.30. The number of urea groups is 1. The number of carbonyl (C=O) groups is 1. The number of nitrogens with one attached hydrogen (secondary N) is 2. The predicted octanol–water partition coefficient (Wildman–Crippen LogP) is 2.55. The minimum absolute atomic E-state index is 0.233. The summed E-state index contributed by atoms with van der Waals surface area (Å²) >= 11 is 0. The van der Waals surface area contributed by atoms with Gasteiger partial charge in [0.25, 0.3) is 0 Å². The topological polar surface area (TPSA) is 61.4 Å². The van der Waals surface area contributed by atoms with Gasteiger partial charge in [-0.2, -0.15) is 0 Å². The Balaban J connectivity index is 1.52. The van der Waals surface area contributed by atoms with E-state index in [0.717, 1.165) is 24.8 Å². The van der Waals surface area contributed by atoms with Gasteiger partial charge in [-0.1, -0.05) is 36.4 Å². The van der Waals surface area contributed by atoms with Crippen LogP contribution < -0.4 is 10.6 Å². The largest absolute Gasteiger partial charge is 0.388 e. The molecule has 2 aromatic rings. The van der Waals surface area contributed by atoms with Crippen molar-refractivity contribution >= 4 is 16.8 Å². The van der Waals surface area contributed by atoms with Gasteiger partial charge >= 0.3 is 6.03 Å². The Morgan fingerprint density at radius 3 is 2.57 bits per heavy atom. The van der Waals surface area contributed by atoms with E-state index in [0.29, 0.717) is 13.1 Å². The molecule has 0 spiro atoms. The van der Waals surface area contributed by atoms with Crippen molar-refractivity contribution in [2.75, 3.05) is 6.54 Å². The second-order valence-corrected chi connectivity index (χ2v) is 5.80. The van der Waals surface area contributed by atoms with Crippen LogP contribution in [0.3, 0.4) is 0 Å². The highest BCUT2D eigenvalue weighted by atomic mass is 16.3. The van der Waals surface area contributed by atoms with Crippen LogP contribution in [0.15, 0.2) is 42.5 Å². The van der Waals surface area contributed by atoms with Crippen molar-refractivity contribution in [3.8, 4) is 0 Å². The van der Waals surface area contributed by atoms with E-state index < -0.39 is 5.60 Å². The van der Waals surface area contributed by atoms with E-state index in [2.05, 4.69) is 34.9 Å². The molecule has 110 valence electrons. The molecule has 0 bridgehead atoms. The molecule has 0 atom stereocenters. The molecule has 1 aliphatic rings. The first kappa shape index (κ1) is 13.9. The minimum atomic E-state index is -0.680. The van der Waals surface area contributed by atoms with E-state index in [1.165, 1.54) is 10.8 Å². The Morgan fingerprint density at radius 1 is 1.10 bits per heavy atom. The van der Waals surface area contributed by atoms with Crippen LogP contribution in [-0.2, 0) is 6.54 Å². The van der Waals surface area contributed by atoms with Crippen LogP contribution in [0.1, 0.15) is 24.8 Å². The summed E-state index contributed by atoms with van der Waals surface area (Å²) in [6, 6.07) is 14.1. The summed E-state index contributed by atoms with van der Waals surface area (Å²) in [5.41, 5.74) is 0.381. The molecule has 0 saturated heterocycles. The number of aliphatic hydroxyl groups is 1. The first-order valence-corrected chi connectivity index (χ1v) is 7.36. The average molecular weight is 284 g/mol. The van der Waals surface area contributed by atoms with E-state index in [-0.39, 0.29) is 6.03 Å². The number of hydrogen-bond acceptors (Lipinski definition) is 2. The highest BCUT2D eigenvalue weighted by molar-refractivity contribution is 5.83. The molecule has 0 radical (unpaired) electrons. The fraction of sp³-hybridized carbons (Fsp3) is 0.353. The highest BCUT2D eigenvalue weighted by Gasteiger charge is 2.34. The summed E-state index contributed by atoms with van der Waals surface area (Å²) in [6.45, 7) is 0.811. The van der Waals surface area contributed by atoms with Crippen molar-refractivity contribution in [3.63, 3.8) is 0 Å². The van der Waals surface area contributed by atoms with Gasteiger partial charge in [-0.15, -0.1) is 0 Å². The van der Waals surface area contributed by atoms with Crippen LogP contribution in [0.5, 0.6) is 0 Å². The lowest BCUT2D eigenvalue weighted by Gasteiger charge is -2.36. The van der Waals surface area contributed by atoms with Gasteiger partial charge in [0.05, 0.1) is 5.60 Å². The summed E-state index contributed by atoms with van der Waals surface area (Å²) in [5, 5.41) is 17.8. The van der Waals surface area contributed by atoms with Crippen LogP contribution >= 0.6 is 0 Å². The SMILES string of the molecule is O=C(NCc1ccc2ccccc2c1)NCC1(O)CCC1. The standard InChI is InChI=1S/C17H20N2O2/c20-16(19-12-17(21)8-3-9-17)18-11-13-6-7-14-4-1-2-5-15(14)10-13/h1-2,4-7,10,21H,3,8-9,11-12H2,(H2,18,19,20). The molecule has 0 aliphatic heterocycles. The third kappa shape index (κ3) is 3.34. The number of rotatable bonds is 4. The molecule has 0 aromatic heterocycles. The van der Waals surface area contributed by atoms with Gasteiger partial charge in [-0.05, 0) is 41.7 Å². The molecule has 0 unspecified atom stereocenters. The quantitative estimate of drug-likeness (QED) is 0.808. The molecule has 2 aromatic carbocycles. The number of benzene rings is 2. The van der Waals surface area contributed by atoms with E-state index in [4.69, 9.17) is 0 Å². The summed E-state index contributed by atoms with van der Waals surface area (Å²) in [5.74, 6) is 0.